The van der Waals surface area contributed by atoms with Crippen LogP contribution < -0.4 is 4.74 Å². The molecule has 0 fully saturated rings. The molecule has 41 heavy (non-hydrogen) atoms. The Bertz CT molecular complexity index is 1400. The summed E-state index contributed by atoms with van der Waals surface area (Å²) in [5.41, 5.74) is 0.900. The zero-order valence-corrected chi connectivity index (χ0v) is 27.3. The van der Waals surface area contributed by atoms with E-state index in [1.807, 2.05) is 10.8 Å². The van der Waals surface area contributed by atoms with Crippen molar-refractivity contribution in [1.82, 2.24) is 0 Å². The fraction of sp³-hybridized carbons (Fsp3) is 0.0714. The van der Waals surface area contributed by atoms with Crippen LogP contribution in [0.3, 0.4) is 0 Å². The second-order valence-corrected chi connectivity index (χ2v) is 16.8. The van der Waals surface area contributed by atoms with Crippen molar-refractivity contribution in [3.63, 3.8) is 0 Å². The van der Waals surface area contributed by atoms with E-state index in [2.05, 4.69) is 21.6 Å². The molecule has 0 N–H and O–H groups in total. The lowest BCUT2D eigenvalue weighted by molar-refractivity contribution is 0.0537. The lowest BCUT2D eigenvalue weighted by atomic mass is 10.2. The van der Waals surface area contributed by atoms with Gasteiger partial charge >= 0.3 is 11.9 Å². The Balaban J connectivity index is 0.945. The summed E-state index contributed by atoms with van der Waals surface area (Å²) in [6, 6.07) is 13.6. The van der Waals surface area contributed by atoms with Crippen molar-refractivity contribution in [1.29, 1.82) is 0 Å². The third kappa shape index (κ3) is 7.88. The molecule has 13 heteroatoms. The van der Waals surface area contributed by atoms with Crippen LogP contribution >= 0.6 is 94.1 Å². The number of rotatable bonds is 8. The maximum absolute atomic E-state index is 12.5. The third-order valence-electron chi connectivity index (χ3n) is 5.29. The molecule has 4 aliphatic rings. The molecular formula is C28H18O5S8. The fourth-order valence-electron chi connectivity index (χ4n) is 3.38. The topological polar surface area (TPSA) is 61.8 Å². The Morgan fingerprint density at radius 3 is 1.29 bits per heavy atom. The number of carbonyl (C=O) groups is 2. The highest BCUT2D eigenvalue weighted by Gasteiger charge is 2.21. The van der Waals surface area contributed by atoms with Crippen LogP contribution in [0.15, 0.2) is 108 Å². The van der Waals surface area contributed by atoms with Crippen molar-refractivity contribution in [3.8, 4) is 11.5 Å². The van der Waals surface area contributed by atoms with Crippen LogP contribution in [0.2, 0.25) is 0 Å². The molecule has 5 nitrogen and oxygen atoms in total. The maximum atomic E-state index is 12.5. The zero-order chi connectivity index (χ0) is 28.0. The van der Waals surface area contributed by atoms with Crippen LogP contribution in [0.25, 0.3) is 0 Å². The van der Waals surface area contributed by atoms with Crippen molar-refractivity contribution < 1.29 is 23.8 Å². The molecule has 0 saturated carbocycles. The van der Waals surface area contributed by atoms with Gasteiger partial charge in [-0.1, -0.05) is 94.1 Å². The van der Waals surface area contributed by atoms with Gasteiger partial charge in [0.15, 0.2) is 0 Å². The minimum Gasteiger partial charge on any atom is -0.457 e. The molecule has 0 atom stereocenters. The van der Waals surface area contributed by atoms with Crippen LogP contribution in [0, 0.1) is 0 Å². The quantitative estimate of drug-likeness (QED) is 0.247. The summed E-state index contributed by atoms with van der Waals surface area (Å²) < 4.78 is 21.9. The van der Waals surface area contributed by atoms with Gasteiger partial charge < -0.3 is 14.2 Å². The van der Waals surface area contributed by atoms with E-state index in [1.54, 1.807) is 143 Å². The number of hydrogen-bond acceptors (Lipinski definition) is 13. The van der Waals surface area contributed by atoms with E-state index in [9.17, 15) is 9.59 Å². The molecular weight excluding hydrogens is 673 g/mol. The molecule has 0 unspecified atom stereocenters. The van der Waals surface area contributed by atoms with Crippen molar-refractivity contribution in [2.45, 2.75) is 0 Å². The lowest BCUT2D eigenvalue weighted by Gasteiger charge is -2.09. The summed E-state index contributed by atoms with van der Waals surface area (Å²) in [7, 11) is 0. The summed E-state index contributed by atoms with van der Waals surface area (Å²) in [5.74, 6) is 0.370. The molecule has 6 rings (SSSR count). The van der Waals surface area contributed by atoms with Crippen LogP contribution in [0.5, 0.6) is 11.5 Å². The van der Waals surface area contributed by atoms with Crippen LogP contribution in [-0.4, -0.2) is 25.2 Å². The minimum atomic E-state index is -0.384. The van der Waals surface area contributed by atoms with Gasteiger partial charge in [-0.3, -0.25) is 0 Å². The molecule has 0 radical (unpaired) electrons. The van der Waals surface area contributed by atoms with Crippen LogP contribution in [0.1, 0.15) is 20.7 Å². The van der Waals surface area contributed by atoms with Gasteiger partial charge in [0.1, 0.15) is 24.7 Å². The highest BCUT2D eigenvalue weighted by molar-refractivity contribution is 8.34. The fourth-order valence-corrected chi connectivity index (χ4v) is 12.2. The first-order chi connectivity index (χ1) is 20.1. The van der Waals surface area contributed by atoms with E-state index in [-0.39, 0.29) is 25.2 Å². The first-order valence-corrected chi connectivity index (χ1v) is 18.8. The average Bonchev–Trinajstić information content (AvgIpc) is 3.82. The molecule has 2 aromatic carbocycles. The normalized spacial score (nSPS) is 17.8. The molecule has 0 spiro atoms. The van der Waals surface area contributed by atoms with Crippen molar-refractivity contribution in [3.05, 3.63) is 119 Å². The lowest BCUT2D eigenvalue weighted by Crippen LogP contribution is -2.07. The van der Waals surface area contributed by atoms with Gasteiger partial charge in [0.2, 0.25) is 0 Å². The highest BCUT2D eigenvalue weighted by atomic mass is 32.2. The summed E-state index contributed by atoms with van der Waals surface area (Å²) in [5, 5.41) is 12.4. The first kappa shape index (κ1) is 29.5. The second kappa shape index (κ2) is 14.3. The Labute approximate surface area is 271 Å². The Kier molecular flexibility index (Phi) is 10.3. The molecule has 0 amide bonds. The number of thioether (sulfide) groups is 8. The van der Waals surface area contributed by atoms with Crippen molar-refractivity contribution >= 4 is 106 Å². The molecule has 4 heterocycles. The SMILES string of the molecule is O=C(OCC1=CSC(=C2SC=CS2)S1)c1ccc(Oc2ccc(C(=O)OCC3=CSC(=C4SC=CS4)S3)cc2)cc1. The summed E-state index contributed by atoms with van der Waals surface area (Å²) >= 11 is 13.5. The monoisotopic (exact) mass is 690 g/mol. The molecule has 0 saturated heterocycles. The third-order valence-corrected chi connectivity index (χ3v) is 15.4. The van der Waals surface area contributed by atoms with Gasteiger partial charge in [0.25, 0.3) is 0 Å². The summed E-state index contributed by atoms with van der Waals surface area (Å²) in [4.78, 5) is 27.1. The van der Waals surface area contributed by atoms with Gasteiger partial charge in [-0.2, -0.15) is 0 Å². The van der Waals surface area contributed by atoms with E-state index < -0.39 is 0 Å². The maximum Gasteiger partial charge on any atom is 0.338 e. The summed E-state index contributed by atoms with van der Waals surface area (Å²) in [6.07, 6.45) is 0. The Morgan fingerprint density at radius 2 is 0.902 bits per heavy atom. The average molecular weight is 691 g/mol. The van der Waals surface area contributed by atoms with E-state index in [1.165, 1.54) is 16.9 Å². The number of carbonyl (C=O) groups excluding carboxylic acids is 2. The molecule has 4 aliphatic heterocycles. The zero-order valence-electron chi connectivity index (χ0n) is 20.8. The number of ether oxygens (including phenoxy) is 3. The number of benzene rings is 2. The van der Waals surface area contributed by atoms with E-state index in [0.717, 1.165) is 9.81 Å². The van der Waals surface area contributed by atoms with Crippen LogP contribution in [0.4, 0.5) is 0 Å². The molecule has 0 bridgehead atoms. The predicted octanol–water partition coefficient (Wildman–Crippen LogP) is 10.6. The molecule has 0 aliphatic carbocycles. The number of hydrogen-bond donors (Lipinski definition) is 0. The van der Waals surface area contributed by atoms with Crippen LogP contribution in [-0.2, 0) is 9.47 Å². The second-order valence-electron chi connectivity index (χ2n) is 8.08. The van der Waals surface area contributed by atoms with Gasteiger partial charge in [-0.25, -0.2) is 9.59 Å². The summed E-state index contributed by atoms with van der Waals surface area (Å²) in [6.45, 7) is 0.487. The Morgan fingerprint density at radius 1 is 0.512 bits per heavy atom. The Hall–Kier alpha value is -1.58. The number of esters is 2. The molecule has 2 aromatic rings. The standard InChI is InChI=1S/C28H18O5S8/c29-23(31-13-21-15-38-27(40-21)25-34-9-10-35-25)17-1-5-19(6-2-17)33-20-7-3-18(4-8-20)24(30)32-14-22-16-39-28(41-22)26-36-11-12-37-26/h1-12,15-16H,13-14H2. The minimum absolute atomic E-state index is 0.244. The smallest absolute Gasteiger partial charge is 0.338 e. The first-order valence-electron chi connectivity index (χ1n) is 11.9. The molecule has 0 aromatic heterocycles. The predicted molar refractivity (Wildman–Crippen MR) is 183 cm³/mol. The van der Waals surface area contributed by atoms with Gasteiger partial charge in [0.05, 0.1) is 28.1 Å². The van der Waals surface area contributed by atoms with Crippen molar-refractivity contribution in [2.24, 2.45) is 0 Å². The van der Waals surface area contributed by atoms with E-state index in [0.29, 0.717) is 22.6 Å². The van der Waals surface area contributed by atoms with Crippen molar-refractivity contribution in [2.75, 3.05) is 13.2 Å². The van der Waals surface area contributed by atoms with E-state index in [4.69, 9.17) is 14.2 Å². The largest absolute Gasteiger partial charge is 0.457 e. The van der Waals surface area contributed by atoms with Gasteiger partial charge in [-0.05, 0) is 81.0 Å². The highest BCUT2D eigenvalue weighted by Crippen LogP contribution is 2.54. The van der Waals surface area contributed by atoms with Gasteiger partial charge in [0, 0.05) is 9.81 Å². The van der Waals surface area contributed by atoms with E-state index >= 15 is 0 Å². The van der Waals surface area contributed by atoms with Gasteiger partial charge in [-0.15, -0.1) is 0 Å². The molecule has 208 valence electrons.